The average molecular weight is 396 g/mol. The standard InChI is InChI=1S/C21H28N6O2/c1-24(20-22-18-17(25(20)2)19(28)23-21(29)26(18)3)13-16-9-11-27(12-10-16)14-15-7-5-4-6-8-15/h4-8,16H,9-14H2,1-3H3,(H,23,28,29). The minimum Gasteiger partial charge on any atom is -0.345 e. The second kappa shape index (κ2) is 7.87. The Morgan fingerprint density at radius 1 is 1.10 bits per heavy atom. The van der Waals surface area contributed by atoms with Crippen molar-refractivity contribution in [2.24, 2.45) is 20.0 Å². The highest BCUT2D eigenvalue weighted by Crippen LogP contribution is 2.23. The van der Waals surface area contributed by atoms with E-state index in [9.17, 15) is 9.59 Å². The number of anilines is 1. The van der Waals surface area contributed by atoms with E-state index in [1.54, 1.807) is 11.6 Å². The molecule has 4 rings (SSSR count). The number of likely N-dealkylation sites (tertiary alicyclic amines) is 1. The first-order valence-electron chi connectivity index (χ1n) is 10.1. The summed E-state index contributed by atoms with van der Waals surface area (Å²) in [5.74, 6) is 1.28. The summed E-state index contributed by atoms with van der Waals surface area (Å²) < 4.78 is 3.16. The molecule has 0 unspecified atom stereocenters. The Labute approximate surface area is 169 Å². The fourth-order valence-electron chi connectivity index (χ4n) is 4.28. The van der Waals surface area contributed by atoms with Gasteiger partial charge < -0.3 is 9.47 Å². The number of hydrogen-bond acceptors (Lipinski definition) is 5. The fourth-order valence-corrected chi connectivity index (χ4v) is 4.28. The number of H-pyrrole nitrogens is 1. The molecule has 3 heterocycles. The predicted molar refractivity (Wildman–Crippen MR) is 114 cm³/mol. The van der Waals surface area contributed by atoms with E-state index < -0.39 is 11.2 Å². The van der Waals surface area contributed by atoms with E-state index in [1.165, 1.54) is 10.1 Å². The number of rotatable bonds is 5. The summed E-state index contributed by atoms with van der Waals surface area (Å²) in [7, 11) is 5.45. The van der Waals surface area contributed by atoms with E-state index in [-0.39, 0.29) is 0 Å². The molecule has 1 aliphatic heterocycles. The smallest absolute Gasteiger partial charge is 0.329 e. The predicted octanol–water partition coefficient (Wildman–Crippen LogP) is 1.31. The largest absolute Gasteiger partial charge is 0.345 e. The molecule has 0 saturated carbocycles. The van der Waals surface area contributed by atoms with Crippen molar-refractivity contribution >= 4 is 17.1 Å². The van der Waals surface area contributed by atoms with Crippen LogP contribution in [-0.2, 0) is 20.6 Å². The molecule has 0 spiro atoms. The lowest BCUT2D eigenvalue weighted by Gasteiger charge is -2.34. The zero-order valence-corrected chi connectivity index (χ0v) is 17.3. The van der Waals surface area contributed by atoms with Crippen molar-refractivity contribution in [1.29, 1.82) is 0 Å². The molecule has 2 aromatic heterocycles. The van der Waals surface area contributed by atoms with Crippen molar-refractivity contribution in [3.8, 4) is 0 Å². The van der Waals surface area contributed by atoms with E-state index >= 15 is 0 Å². The maximum absolute atomic E-state index is 12.2. The molecule has 0 aliphatic carbocycles. The van der Waals surface area contributed by atoms with Gasteiger partial charge in [-0.1, -0.05) is 30.3 Å². The van der Waals surface area contributed by atoms with Crippen LogP contribution in [0.15, 0.2) is 39.9 Å². The van der Waals surface area contributed by atoms with E-state index in [1.807, 2.05) is 14.1 Å². The second-order valence-electron chi connectivity index (χ2n) is 8.05. The van der Waals surface area contributed by atoms with Gasteiger partial charge in [0.15, 0.2) is 11.2 Å². The van der Waals surface area contributed by atoms with Crippen LogP contribution >= 0.6 is 0 Å². The van der Waals surface area contributed by atoms with Crippen LogP contribution in [0.3, 0.4) is 0 Å². The van der Waals surface area contributed by atoms with Gasteiger partial charge in [0, 0.05) is 34.2 Å². The lowest BCUT2D eigenvalue weighted by atomic mass is 9.96. The van der Waals surface area contributed by atoms with E-state index in [0.29, 0.717) is 23.0 Å². The van der Waals surface area contributed by atoms with Crippen molar-refractivity contribution in [1.82, 2.24) is 24.0 Å². The second-order valence-corrected chi connectivity index (χ2v) is 8.05. The monoisotopic (exact) mass is 396 g/mol. The number of nitrogens with one attached hydrogen (secondary N) is 1. The molecule has 1 aliphatic rings. The fraction of sp³-hybridized carbons (Fsp3) is 0.476. The van der Waals surface area contributed by atoms with Crippen LogP contribution in [0.1, 0.15) is 18.4 Å². The Kier molecular flexibility index (Phi) is 5.27. The average Bonchev–Trinajstić information content (AvgIpc) is 3.06. The summed E-state index contributed by atoms with van der Waals surface area (Å²) in [4.78, 5) is 35.6. The third-order valence-corrected chi connectivity index (χ3v) is 5.94. The van der Waals surface area contributed by atoms with Gasteiger partial charge in [-0.3, -0.25) is 19.2 Å². The van der Waals surface area contributed by atoms with Gasteiger partial charge in [0.1, 0.15) is 0 Å². The third-order valence-electron chi connectivity index (χ3n) is 5.94. The number of aryl methyl sites for hydroxylation is 2. The van der Waals surface area contributed by atoms with Gasteiger partial charge in [0.25, 0.3) is 5.56 Å². The highest BCUT2D eigenvalue weighted by atomic mass is 16.2. The maximum Gasteiger partial charge on any atom is 0.329 e. The van der Waals surface area contributed by atoms with Crippen molar-refractivity contribution in [3.63, 3.8) is 0 Å². The molecule has 1 saturated heterocycles. The number of fused-ring (bicyclic) bond motifs is 1. The molecule has 0 amide bonds. The van der Waals surface area contributed by atoms with Gasteiger partial charge in [-0.2, -0.15) is 4.98 Å². The summed E-state index contributed by atoms with van der Waals surface area (Å²) >= 11 is 0. The zero-order valence-electron chi connectivity index (χ0n) is 17.3. The first-order chi connectivity index (χ1) is 13.9. The lowest BCUT2D eigenvalue weighted by molar-refractivity contribution is 0.179. The number of aromatic amines is 1. The maximum atomic E-state index is 12.2. The third kappa shape index (κ3) is 3.85. The normalized spacial score (nSPS) is 15.8. The quantitative estimate of drug-likeness (QED) is 0.704. The van der Waals surface area contributed by atoms with Crippen LogP contribution in [0, 0.1) is 5.92 Å². The van der Waals surface area contributed by atoms with Crippen LogP contribution in [0.5, 0.6) is 0 Å². The minimum atomic E-state index is -0.444. The summed E-state index contributed by atoms with van der Waals surface area (Å²) in [5, 5.41) is 0. The molecule has 1 aromatic carbocycles. The molecule has 29 heavy (non-hydrogen) atoms. The number of aromatic nitrogens is 4. The first kappa shape index (κ1) is 19.4. The highest BCUT2D eigenvalue weighted by Gasteiger charge is 2.23. The Balaban J connectivity index is 1.43. The van der Waals surface area contributed by atoms with Crippen LogP contribution in [0.4, 0.5) is 5.95 Å². The van der Waals surface area contributed by atoms with Gasteiger partial charge in [0.05, 0.1) is 0 Å². The summed E-state index contributed by atoms with van der Waals surface area (Å²) in [6.07, 6.45) is 2.28. The Bertz CT molecular complexity index is 1110. The Hall–Kier alpha value is -2.87. The SMILES string of the molecule is CN(CC1CCN(Cc2ccccc2)CC1)c1nc2c(c(=O)[nH]c(=O)n2C)n1C. The molecular weight excluding hydrogens is 368 g/mol. The number of benzene rings is 1. The first-order valence-corrected chi connectivity index (χ1v) is 10.1. The molecule has 0 atom stereocenters. The topological polar surface area (TPSA) is 79.2 Å². The van der Waals surface area contributed by atoms with Crippen LogP contribution < -0.4 is 16.1 Å². The number of imidazole rings is 1. The van der Waals surface area contributed by atoms with Crippen LogP contribution in [-0.4, -0.2) is 50.7 Å². The molecule has 8 nitrogen and oxygen atoms in total. The summed E-state index contributed by atoms with van der Waals surface area (Å²) in [5.41, 5.74) is 1.36. The highest BCUT2D eigenvalue weighted by molar-refractivity contribution is 5.74. The Morgan fingerprint density at radius 2 is 1.79 bits per heavy atom. The molecule has 0 bridgehead atoms. The van der Waals surface area contributed by atoms with Crippen molar-refractivity contribution in [2.75, 3.05) is 31.6 Å². The minimum absolute atomic E-state index is 0.396. The van der Waals surface area contributed by atoms with Crippen LogP contribution in [0.25, 0.3) is 11.2 Å². The Morgan fingerprint density at radius 3 is 2.48 bits per heavy atom. The van der Waals surface area contributed by atoms with Gasteiger partial charge in [-0.15, -0.1) is 0 Å². The molecule has 3 aromatic rings. The number of nitrogens with zero attached hydrogens (tertiary/aromatic N) is 5. The molecule has 1 N–H and O–H groups in total. The summed E-state index contributed by atoms with van der Waals surface area (Å²) in [6, 6.07) is 10.6. The molecule has 154 valence electrons. The van der Waals surface area contributed by atoms with E-state index in [4.69, 9.17) is 0 Å². The molecule has 0 radical (unpaired) electrons. The number of hydrogen-bond donors (Lipinski definition) is 1. The summed E-state index contributed by atoms with van der Waals surface area (Å²) in [6.45, 7) is 4.06. The number of piperidine rings is 1. The van der Waals surface area contributed by atoms with E-state index in [2.05, 4.69) is 50.1 Å². The van der Waals surface area contributed by atoms with Crippen molar-refractivity contribution in [3.05, 3.63) is 56.7 Å². The van der Waals surface area contributed by atoms with Gasteiger partial charge >= 0.3 is 5.69 Å². The van der Waals surface area contributed by atoms with Crippen LogP contribution in [0.2, 0.25) is 0 Å². The van der Waals surface area contributed by atoms with Gasteiger partial charge in [-0.25, -0.2) is 4.79 Å². The lowest BCUT2D eigenvalue weighted by Crippen LogP contribution is -2.38. The van der Waals surface area contributed by atoms with Crippen molar-refractivity contribution < 1.29 is 0 Å². The molecule has 8 heteroatoms. The van der Waals surface area contributed by atoms with Crippen molar-refractivity contribution in [2.45, 2.75) is 19.4 Å². The van der Waals surface area contributed by atoms with Gasteiger partial charge in [-0.05, 0) is 37.4 Å². The zero-order chi connectivity index (χ0) is 20.5. The molecular formula is C21H28N6O2. The van der Waals surface area contributed by atoms with E-state index in [0.717, 1.165) is 39.0 Å². The molecule has 1 fully saturated rings. The van der Waals surface area contributed by atoms with Gasteiger partial charge in [0.2, 0.25) is 5.95 Å².